The summed E-state index contributed by atoms with van der Waals surface area (Å²) in [5.74, 6) is 0.674. The lowest BCUT2D eigenvalue weighted by molar-refractivity contribution is 1.16. The van der Waals surface area contributed by atoms with Gasteiger partial charge in [-0.3, -0.25) is 0 Å². The van der Waals surface area contributed by atoms with Crippen molar-refractivity contribution in [3.8, 4) is 0 Å². The van der Waals surface area contributed by atoms with E-state index in [-0.39, 0.29) is 0 Å². The van der Waals surface area contributed by atoms with Crippen LogP contribution in [0.1, 0.15) is 52.7 Å². The van der Waals surface area contributed by atoms with E-state index >= 15 is 0 Å². The molecule has 0 saturated heterocycles. The van der Waals surface area contributed by atoms with Crippen LogP contribution in [0.15, 0.2) is 36.4 Å². The Kier molecular flexibility index (Phi) is 3.24. The smallest absolute Gasteiger partial charge is 0.0659 e. The van der Waals surface area contributed by atoms with Crippen molar-refractivity contribution in [3.05, 3.63) is 70.3 Å². The summed E-state index contributed by atoms with van der Waals surface area (Å²) in [6.45, 7) is 2.14. The van der Waals surface area contributed by atoms with E-state index in [1.165, 1.54) is 29.5 Å². The van der Waals surface area contributed by atoms with Crippen LogP contribution in [0.4, 0.5) is 0 Å². The number of nitrogens with one attached hydrogen (secondary N) is 2. The van der Waals surface area contributed by atoms with Crippen LogP contribution in [-0.2, 0) is 0 Å². The van der Waals surface area contributed by atoms with Crippen LogP contribution in [-0.4, -0.2) is 19.9 Å². The van der Waals surface area contributed by atoms with Gasteiger partial charge in [-0.1, -0.05) is 0 Å². The zero-order valence-electron chi connectivity index (χ0n) is 15.7. The first-order chi connectivity index (χ1) is 13.7. The minimum absolute atomic E-state index is 0.674. The Hall–Kier alpha value is -3.40. The van der Waals surface area contributed by atoms with E-state index in [2.05, 4.69) is 59.4 Å². The Labute approximate surface area is 162 Å². The molecule has 1 fully saturated rings. The number of rotatable bonds is 1. The molecular formula is C24H20N4. The molecule has 5 heterocycles. The number of H-pyrrole nitrogens is 2. The van der Waals surface area contributed by atoms with Crippen molar-refractivity contribution in [3.63, 3.8) is 0 Å². The second-order valence-corrected chi connectivity index (χ2v) is 7.86. The number of nitrogens with zero attached hydrogens (tertiary/aromatic N) is 2. The number of hydrogen-bond donors (Lipinski definition) is 2. The Morgan fingerprint density at radius 3 is 2.00 bits per heavy atom. The van der Waals surface area contributed by atoms with Gasteiger partial charge in [-0.25, -0.2) is 9.97 Å². The van der Waals surface area contributed by atoms with E-state index in [1.807, 2.05) is 18.2 Å². The molecule has 0 aromatic carbocycles. The maximum atomic E-state index is 4.76. The summed E-state index contributed by atoms with van der Waals surface area (Å²) < 4.78 is 0. The monoisotopic (exact) mass is 364 g/mol. The molecule has 0 spiro atoms. The molecular weight excluding hydrogens is 344 g/mol. The van der Waals surface area contributed by atoms with Crippen LogP contribution < -0.4 is 0 Å². The van der Waals surface area contributed by atoms with Gasteiger partial charge in [-0.15, -0.1) is 0 Å². The highest BCUT2D eigenvalue weighted by atomic mass is 14.8. The molecule has 3 aromatic heterocycles. The largest absolute Gasteiger partial charge is 0.355 e. The van der Waals surface area contributed by atoms with E-state index in [0.717, 1.165) is 39.3 Å². The molecule has 2 N–H and O–H groups in total. The van der Waals surface area contributed by atoms with Crippen LogP contribution in [0.3, 0.4) is 0 Å². The molecule has 8 bridgehead atoms. The highest BCUT2D eigenvalue weighted by molar-refractivity contribution is 5.79. The van der Waals surface area contributed by atoms with Crippen molar-refractivity contribution < 1.29 is 0 Å². The minimum Gasteiger partial charge on any atom is -0.355 e. The molecule has 4 nitrogen and oxygen atoms in total. The molecule has 0 amide bonds. The lowest BCUT2D eigenvalue weighted by Crippen LogP contribution is -1.78. The summed E-state index contributed by atoms with van der Waals surface area (Å²) in [5.41, 5.74) is 10.9. The maximum Gasteiger partial charge on any atom is 0.0659 e. The van der Waals surface area contributed by atoms with E-state index in [4.69, 9.17) is 9.97 Å². The molecule has 4 heteroatoms. The Morgan fingerprint density at radius 2 is 1.29 bits per heavy atom. The quantitative estimate of drug-likeness (QED) is 0.392. The van der Waals surface area contributed by atoms with E-state index in [9.17, 15) is 0 Å². The topological polar surface area (TPSA) is 57.4 Å². The summed E-state index contributed by atoms with van der Waals surface area (Å²) in [5, 5.41) is 0. The SMILES string of the molecule is Cc1cc2cc3nc(cc4nc(cc5[nH]c(cc5C5CC5)cc1[nH]2)C=C4)C=C3. The number of aromatic amines is 2. The molecule has 1 aliphatic carbocycles. The van der Waals surface area contributed by atoms with Crippen LogP contribution in [0, 0.1) is 6.92 Å². The molecule has 3 aliphatic rings. The van der Waals surface area contributed by atoms with Gasteiger partial charge in [-0.2, -0.15) is 0 Å². The van der Waals surface area contributed by atoms with Crippen LogP contribution in [0.2, 0.25) is 0 Å². The average Bonchev–Trinajstić information content (AvgIpc) is 2.96. The third kappa shape index (κ3) is 2.78. The third-order valence-electron chi connectivity index (χ3n) is 5.55. The number of aromatic nitrogens is 4. The molecule has 28 heavy (non-hydrogen) atoms. The first-order valence-corrected chi connectivity index (χ1v) is 9.79. The predicted octanol–water partition coefficient (Wildman–Crippen LogP) is 5.84. The third-order valence-corrected chi connectivity index (χ3v) is 5.55. The van der Waals surface area contributed by atoms with Gasteiger partial charge in [0.2, 0.25) is 0 Å². The highest BCUT2D eigenvalue weighted by Gasteiger charge is 2.25. The fraction of sp³-hybridized carbons (Fsp3) is 0.167. The average molecular weight is 364 g/mol. The number of hydrogen-bond acceptors (Lipinski definition) is 2. The fourth-order valence-electron chi connectivity index (χ4n) is 3.99. The summed E-state index contributed by atoms with van der Waals surface area (Å²) in [6.07, 6.45) is 10.7. The first kappa shape index (κ1) is 15.6. The predicted molar refractivity (Wildman–Crippen MR) is 116 cm³/mol. The Bertz CT molecular complexity index is 1330. The van der Waals surface area contributed by atoms with Gasteiger partial charge in [0.15, 0.2) is 0 Å². The molecule has 3 aromatic rings. The normalized spacial score (nSPS) is 15.3. The standard InChI is InChI=1S/C24H20N4/c1-14-8-20-10-18-5-4-16(25-18)9-17-6-7-19(26-17)12-24-22(15-2-3-15)11-21(28-24)13-23(14)27-20/h4-13,15,27-28H,2-3H2,1H3. The number of fused-ring (bicyclic) bond motifs is 8. The maximum absolute atomic E-state index is 4.76. The minimum atomic E-state index is 0.674. The van der Waals surface area contributed by atoms with Crippen LogP contribution in [0.25, 0.3) is 46.4 Å². The van der Waals surface area contributed by atoms with Gasteiger partial charge < -0.3 is 9.97 Å². The fourth-order valence-corrected chi connectivity index (χ4v) is 3.99. The van der Waals surface area contributed by atoms with Gasteiger partial charge in [0.05, 0.1) is 22.8 Å². The zero-order valence-corrected chi connectivity index (χ0v) is 15.7. The van der Waals surface area contributed by atoms with E-state index in [1.54, 1.807) is 0 Å². The van der Waals surface area contributed by atoms with Crippen molar-refractivity contribution in [2.24, 2.45) is 0 Å². The van der Waals surface area contributed by atoms with Crippen LogP contribution in [0.5, 0.6) is 0 Å². The lowest BCUT2D eigenvalue weighted by atomic mass is 10.1. The van der Waals surface area contributed by atoms with Crippen LogP contribution >= 0.6 is 0 Å². The van der Waals surface area contributed by atoms with Crippen molar-refractivity contribution in [1.29, 1.82) is 0 Å². The van der Waals surface area contributed by atoms with Crippen molar-refractivity contribution in [1.82, 2.24) is 19.9 Å². The highest BCUT2D eigenvalue weighted by Crippen LogP contribution is 2.42. The van der Waals surface area contributed by atoms with Crippen molar-refractivity contribution in [2.75, 3.05) is 0 Å². The lowest BCUT2D eigenvalue weighted by Gasteiger charge is -1.91. The summed E-state index contributed by atoms with van der Waals surface area (Å²) in [6, 6.07) is 12.9. The van der Waals surface area contributed by atoms with Crippen molar-refractivity contribution >= 4 is 46.4 Å². The Morgan fingerprint density at radius 1 is 0.679 bits per heavy atom. The zero-order chi connectivity index (χ0) is 18.7. The summed E-state index contributed by atoms with van der Waals surface area (Å²) in [7, 11) is 0. The van der Waals surface area contributed by atoms with E-state index < -0.39 is 0 Å². The van der Waals surface area contributed by atoms with Gasteiger partial charge in [0.1, 0.15) is 0 Å². The van der Waals surface area contributed by atoms with Crippen molar-refractivity contribution in [2.45, 2.75) is 25.7 Å². The molecule has 6 rings (SSSR count). The molecule has 1 saturated carbocycles. The molecule has 0 atom stereocenters. The van der Waals surface area contributed by atoms with Gasteiger partial charge in [0.25, 0.3) is 0 Å². The van der Waals surface area contributed by atoms with Gasteiger partial charge in [-0.05, 0) is 97.5 Å². The van der Waals surface area contributed by atoms with Gasteiger partial charge >= 0.3 is 0 Å². The molecule has 0 radical (unpaired) electrons. The number of aryl methyl sites for hydroxylation is 1. The second kappa shape index (κ2) is 5.80. The summed E-state index contributed by atoms with van der Waals surface area (Å²) in [4.78, 5) is 16.6. The molecule has 136 valence electrons. The molecule has 0 unspecified atom stereocenters. The summed E-state index contributed by atoms with van der Waals surface area (Å²) >= 11 is 0. The second-order valence-electron chi connectivity index (χ2n) is 7.86. The first-order valence-electron chi connectivity index (χ1n) is 9.79. The van der Waals surface area contributed by atoms with Gasteiger partial charge in [0, 0.05) is 22.1 Å². The Balaban J connectivity index is 1.70. The van der Waals surface area contributed by atoms with E-state index in [0.29, 0.717) is 5.92 Å². The molecule has 2 aliphatic heterocycles.